The van der Waals surface area contributed by atoms with E-state index in [0.717, 1.165) is 30.8 Å². The Morgan fingerprint density at radius 1 is 1.53 bits per heavy atom. The van der Waals surface area contributed by atoms with Crippen LogP contribution in [-0.4, -0.2) is 23.5 Å². The molecule has 1 aliphatic rings. The summed E-state index contributed by atoms with van der Waals surface area (Å²) in [5.74, 6) is 0.0450. The summed E-state index contributed by atoms with van der Waals surface area (Å²) in [6.45, 7) is 2.82. The molecule has 1 aliphatic heterocycles. The van der Waals surface area contributed by atoms with Gasteiger partial charge in [0.05, 0.1) is 17.4 Å². The summed E-state index contributed by atoms with van der Waals surface area (Å²) in [4.78, 5) is 15.9. The fraction of sp³-hybridized carbons (Fsp3) is 0.455. The average Bonchev–Trinajstić information content (AvgIpc) is 2.74. The minimum absolute atomic E-state index is 0. The monoisotopic (exact) mass is 277 g/mol. The Labute approximate surface area is 113 Å². The Balaban J connectivity index is 0.00000128. The van der Waals surface area contributed by atoms with E-state index in [1.165, 1.54) is 0 Å². The molecule has 17 heavy (non-hydrogen) atoms. The Hall–Kier alpha value is -0.840. The van der Waals surface area contributed by atoms with Gasteiger partial charge in [0.15, 0.2) is 0 Å². The molecule has 0 bridgehead atoms. The van der Waals surface area contributed by atoms with E-state index < -0.39 is 0 Å². The second-order valence-corrected chi connectivity index (χ2v) is 3.77. The summed E-state index contributed by atoms with van der Waals surface area (Å²) in [7, 11) is 0. The molecule has 4 nitrogen and oxygen atoms in total. The molecular weight excluding hydrogens is 261 g/mol. The zero-order chi connectivity index (χ0) is 10.7. The molecule has 1 aromatic heterocycles. The van der Waals surface area contributed by atoms with Crippen molar-refractivity contribution in [1.82, 2.24) is 10.3 Å². The predicted molar refractivity (Wildman–Crippen MR) is 73.1 cm³/mol. The second kappa shape index (κ2) is 7.48. The summed E-state index contributed by atoms with van der Waals surface area (Å²) in [5.41, 5.74) is 1.65. The van der Waals surface area contributed by atoms with Crippen LogP contribution in [0.4, 0.5) is 5.69 Å². The van der Waals surface area contributed by atoms with E-state index in [9.17, 15) is 4.79 Å². The predicted octanol–water partition coefficient (Wildman–Crippen LogP) is 1.92. The van der Waals surface area contributed by atoms with Gasteiger partial charge >= 0.3 is 0 Å². The van der Waals surface area contributed by atoms with Crippen molar-refractivity contribution in [2.24, 2.45) is 0 Å². The van der Waals surface area contributed by atoms with Crippen molar-refractivity contribution in [1.29, 1.82) is 0 Å². The maximum Gasteiger partial charge on any atom is 0.241 e. The number of anilines is 1. The molecule has 2 heterocycles. The average molecular weight is 278 g/mol. The summed E-state index contributed by atoms with van der Waals surface area (Å²) in [5, 5.41) is 6.05. The van der Waals surface area contributed by atoms with Crippen molar-refractivity contribution in [3.05, 3.63) is 24.0 Å². The van der Waals surface area contributed by atoms with E-state index in [1.54, 1.807) is 6.20 Å². The lowest BCUT2D eigenvalue weighted by Crippen LogP contribution is -2.35. The lowest BCUT2D eigenvalue weighted by Gasteiger charge is -2.11. The quantitative estimate of drug-likeness (QED) is 0.869. The van der Waals surface area contributed by atoms with Gasteiger partial charge in [0.2, 0.25) is 5.91 Å². The van der Waals surface area contributed by atoms with Crippen molar-refractivity contribution in [3.63, 3.8) is 0 Å². The highest BCUT2D eigenvalue weighted by molar-refractivity contribution is 5.95. The van der Waals surface area contributed by atoms with Gasteiger partial charge in [-0.3, -0.25) is 9.78 Å². The van der Waals surface area contributed by atoms with Gasteiger partial charge in [0, 0.05) is 6.20 Å². The van der Waals surface area contributed by atoms with Gasteiger partial charge < -0.3 is 10.6 Å². The molecule has 0 saturated carbocycles. The minimum atomic E-state index is -0.0374. The van der Waals surface area contributed by atoms with Crippen LogP contribution in [0.25, 0.3) is 0 Å². The van der Waals surface area contributed by atoms with Crippen LogP contribution in [0.5, 0.6) is 0 Å². The van der Waals surface area contributed by atoms with Gasteiger partial charge in [-0.1, -0.05) is 0 Å². The van der Waals surface area contributed by atoms with Crippen LogP contribution in [-0.2, 0) is 4.79 Å². The van der Waals surface area contributed by atoms with E-state index in [1.807, 2.05) is 19.1 Å². The lowest BCUT2D eigenvalue weighted by molar-refractivity contribution is -0.117. The highest BCUT2D eigenvalue weighted by atomic mass is 35.5. The number of nitrogens with zero attached hydrogens (tertiary/aromatic N) is 1. The molecule has 96 valence electrons. The van der Waals surface area contributed by atoms with Gasteiger partial charge in [-0.15, -0.1) is 24.8 Å². The topological polar surface area (TPSA) is 54.0 Å². The van der Waals surface area contributed by atoms with Crippen LogP contribution in [0.15, 0.2) is 18.3 Å². The first kappa shape index (κ1) is 16.2. The van der Waals surface area contributed by atoms with Crippen molar-refractivity contribution in [2.45, 2.75) is 25.8 Å². The Morgan fingerprint density at radius 2 is 2.29 bits per heavy atom. The van der Waals surface area contributed by atoms with Crippen LogP contribution in [0, 0.1) is 6.92 Å². The molecule has 1 atom stereocenters. The standard InChI is InChI=1S/C11H15N3O.2ClH/c1-8-9(4-2-6-12-8)14-11(15)10-5-3-7-13-10;;/h2,4,6,10,13H,3,5,7H2,1H3,(H,14,15);2*1H/t10-;;/m0../s1. The first-order chi connectivity index (χ1) is 7.27. The van der Waals surface area contributed by atoms with Gasteiger partial charge in [-0.05, 0) is 38.4 Å². The molecule has 0 aliphatic carbocycles. The lowest BCUT2D eigenvalue weighted by atomic mass is 10.2. The number of aromatic nitrogens is 1. The number of hydrogen-bond donors (Lipinski definition) is 2. The van der Waals surface area contributed by atoms with E-state index in [4.69, 9.17) is 0 Å². The van der Waals surface area contributed by atoms with Gasteiger partial charge in [0.1, 0.15) is 0 Å². The largest absolute Gasteiger partial charge is 0.323 e. The fourth-order valence-electron chi connectivity index (χ4n) is 1.74. The van der Waals surface area contributed by atoms with Crippen molar-refractivity contribution in [2.75, 3.05) is 11.9 Å². The molecule has 2 N–H and O–H groups in total. The normalized spacial score (nSPS) is 17.8. The third-order valence-corrected chi connectivity index (χ3v) is 2.64. The molecule has 0 spiro atoms. The van der Waals surface area contributed by atoms with Crippen LogP contribution in [0.3, 0.4) is 0 Å². The highest BCUT2D eigenvalue weighted by Gasteiger charge is 2.22. The van der Waals surface area contributed by atoms with Crippen LogP contribution < -0.4 is 10.6 Å². The molecule has 0 radical (unpaired) electrons. The molecule has 0 aromatic carbocycles. The Morgan fingerprint density at radius 3 is 2.88 bits per heavy atom. The second-order valence-electron chi connectivity index (χ2n) is 3.77. The number of amides is 1. The molecule has 2 rings (SSSR count). The number of pyridine rings is 1. The summed E-state index contributed by atoms with van der Waals surface area (Å²) in [6.07, 6.45) is 3.72. The number of halogens is 2. The van der Waals surface area contributed by atoms with E-state index in [-0.39, 0.29) is 36.8 Å². The number of nitrogens with one attached hydrogen (secondary N) is 2. The molecule has 1 aromatic rings. The van der Waals surface area contributed by atoms with Crippen molar-refractivity contribution >= 4 is 36.4 Å². The van der Waals surface area contributed by atoms with E-state index >= 15 is 0 Å². The van der Waals surface area contributed by atoms with E-state index in [2.05, 4.69) is 15.6 Å². The summed E-state index contributed by atoms with van der Waals surface area (Å²) in [6, 6.07) is 3.66. The van der Waals surface area contributed by atoms with E-state index in [0.29, 0.717) is 0 Å². The molecular formula is C11H17Cl2N3O. The maximum absolute atomic E-state index is 11.8. The Bertz CT molecular complexity index is 367. The molecule has 1 saturated heterocycles. The van der Waals surface area contributed by atoms with Crippen LogP contribution >= 0.6 is 24.8 Å². The first-order valence-corrected chi connectivity index (χ1v) is 5.23. The summed E-state index contributed by atoms with van der Waals surface area (Å²) >= 11 is 0. The van der Waals surface area contributed by atoms with Crippen LogP contribution in [0.1, 0.15) is 18.5 Å². The van der Waals surface area contributed by atoms with Gasteiger partial charge in [-0.2, -0.15) is 0 Å². The number of carbonyl (C=O) groups excluding carboxylic acids is 1. The molecule has 0 unspecified atom stereocenters. The molecule has 1 amide bonds. The van der Waals surface area contributed by atoms with Crippen molar-refractivity contribution in [3.8, 4) is 0 Å². The molecule has 1 fully saturated rings. The molecule has 6 heteroatoms. The number of aryl methyl sites for hydroxylation is 1. The zero-order valence-electron chi connectivity index (χ0n) is 9.60. The number of hydrogen-bond acceptors (Lipinski definition) is 3. The number of rotatable bonds is 2. The fourth-order valence-corrected chi connectivity index (χ4v) is 1.74. The Kier molecular flexibility index (Phi) is 7.11. The SMILES string of the molecule is Cc1ncccc1NC(=O)[C@@H]1CCCN1.Cl.Cl. The minimum Gasteiger partial charge on any atom is -0.323 e. The first-order valence-electron chi connectivity index (χ1n) is 5.23. The number of carbonyl (C=O) groups is 1. The van der Waals surface area contributed by atoms with Crippen LogP contribution in [0.2, 0.25) is 0 Å². The van der Waals surface area contributed by atoms with Gasteiger partial charge in [0.25, 0.3) is 0 Å². The van der Waals surface area contributed by atoms with Crippen molar-refractivity contribution < 1.29 is 4.79 Å². The summed E-state index contributed by atoms with van der Waals surface area (Å²) < 4.78 is 0. The zero-order valence-corrected chi connectivity index (χ0v) is 11.2. The maximum atomic E-state index is 11.8. The third-order valence-electron chi connectivity index (χ3n) is 2.64. The van der Waals surface area contributed by atoms with Gasteiger partial charge in [-0.25, -0.2) is 0 Å². The highest BCUT2D eigenvalue weighted by Crippen LogP contribution is 2.13. The third kappa shape index (κ3) is 4.15. The smallest absolute Gasteiger partial charge is 0.241 e.